The second kappa shape index (κ2) is 9.01. The van der Waals surface area contributed by atoms with Crippen LogP contribution in [0.15, 0.2) is 59.8 Å². The van der Waals surface area contributed by atoms with Crippen molar-refractivity contribution < 1.29 is 9.18 Å². The highest BCUT2D eigenvalue weighted by Crippen LogP contribution is 2.28. The van der Waals surface area contributed by atoms with Crippen molar-refractivity contribution in [1.82, 2.24) is 20.1 Å². The monoisotopic (exact) mass is 398 g/mol. The standard InChI is InChI=1S/C21H23FN4OS/c1-14(2)15(3)23-19(27)13-28-21-25-24-20(16-9-11-17(22)12-10-16)26(21)18-7-5-4-6-8-18/h4-12,14-15H,13H2,1-3H3,(H,23,27)/t15-/m0/s1. The van der Waals surface area contributed by atoms with Crippen LogP contribution in [0.5, 0.6) is 0 Å². The van der Waals surface area contributed by atoms with Crippen molar-refractivity contribution in [3.05, 3.63) is 60.4 Å². The molecule has 0 saturated carbocycles. The number of nitrogens with one attached hydrogen (secondary N) is 1. The number of aromatic nitrogens is 3. The first kappa shape index (κ1) is 20.1. The maximum absolute atomic E-state index is 13.3. The Kier molecular flexibility index (Phi) is 6.46. The van der Waals surface area contributed by atoms with Crippen molar-refractivity contribution in [2.45, 2.75) is 32.0 Å². The second-order valence-electron chi connectivity index (χ2n) is 6.87. The first-order valence-corrected chi connectivity index (χ1v) is 10.1. The van der Waals surface area contributed by atoms with Gasteiger partial charge < -0.3 is 5.32 Å². The number of hydrogen-bond donors (Lipinski definition) is 1. The van der Waals surface area contributed by atoms with Crippen LogP contribution in [0.25, 0.3) is 17.1 Å². The van der Waals surface area contributed by atoms with Gasteiger partial charge in [0.25, 0.3) is 0 Å². The van der Waals surface area contributed by atoms with E-state index in [1.807, 2.05) is 41.8 Å². The van der Waals surface area contributed by atoms with Crippen LogP contribution in [0.3, 0.4) is 0 Å². The van der Waals surface area contributed by atoms with E-state index in [-0.39, 0.29) is 23.5 Å². The summed E-state index contributed by atoms with van der Waals surface area (Å²) in [6.07, 6.45) is 0. The summed E-state index contributed by atoms with van der Waals surface area (Å²) in [4.78, 5) is 12.3. The topological polar surface area (TPSA) is 59.8 Å². The predicted octanol–water partition coefficient (Wildman–Crippen LogP) is 4.33. The zero-order valence-electron chi connectivity index (χ0n) is 16.1. The molecule has 28 heavy (non-hydrogen) atoms. The molecule has 1 atom stereocenters. The summed E-state index contributed by atoms with van der Waals surface area (Å²) in [7, 11) is 0. The zero-order valence-corrected chi connectivity index (χ0v) is 16.9. The molecule has 0 aliphatic carbocycles. The fourth-order valence-electron chi connectivity index (χ4n) is 2.55. The van der Waals surface area contributed by atoms with Gasteiger partial charge in [0.2, 0.25) is 5.91 Å². The van der Waals surface area contributed by atoms with Gasteiger partial charge in [0.15, 0.2) is 11.0 Å². The number of para-hydroxylation sites is 1. The van der Waals surface area contributed by atoms with E-state index in [9.17, 15) is 9.18 Å². The quantitative estimate of drug-likeness (QED) is 0.602. The van der Waals surface area contributed by atoms with Crippen LogP contribution in [-0.2, 0) is 4.79 Å². The third kappa shape index (κ3) is 4.78. The smallest absolute Gasteiger partial charge is 0.230 e. The van der Waals surface area contributed by atoms with E-state index in [4.69, 9.17) is 0 Å². The average Bonchev–Trinajstić information content (AvgIpc) is 3.11. The van der Waals surface area contributed by atoms with Gasteiger partial charge in [-0.05, 0) is 49.2 Å². The van der Waals surface area contributed by atoms with Gasteiger partial charge in [-0.1, -0.05) is 43.8 Å². The van der Waals surface area contributed by atoms with E-state index >= 15 is 0 Å². The molecule has 0 bridgehead atoms. The minimum absolute atomic E-state index is 0.0443. The second-order valence-corrected chi connectivity index (χ2v) is 7.82. The number of carbonyl (C=O) groups excluding carboxylic acids is 1. The van der Waals surface area contributed by atoms with Crippen molar-refractivity contribution in [1.29, 1.82) is 0 Å². The molecule has 1 heterocycles. The Labute approximate surface area is 168 Å². The lowest BCUT2D eigenvalue weighted by Crippen LogP contribution is -2.37. The molecule has 2 aromatic carbocycles. The molecule has 0 spiro atoms. The Bertz CT molecular complexity index is 925. The molecular formula is C21H23FN4OS. The molecule has 1 amide bonds. The molecule has 1 N–H and O–H groups in total. The van der Waals surface area contributed by atoms with Gasteiger partial charge in [0.05, 0.1) is 5.75 Å². The average molecular weight is 399 g/mol. The minimum Gasteiger partial charge on any atom is -0.353 e. The van der Waals surface area contributed by atoms with Gasteiger partial charge in [0.1, 0.15) is 5.82 Å². The lowest BCUT2D eigenvalue weighted by molar-refractivity contribution is -0.119. The Hall–Kier alpha value is -2.67. The normalized spacial score (nSPS) is 12.2. The van der Waals surface area contributed by atoms with Gasteiger partial charge in [-0.15, -0.1) is 10.2 Å². The SMILES string of the molecule is CC(C)[C@H](C)NC(=O)CSc1nnc(-c2ccc(F)cc2)n1-c1ccccc1. The summed E-state index contributed by atoms with van der Waals surface area (Å²) >= 11 is 1.33. The molecule has 0 saturated heterocycles. The number of nitrogens with zero attached hydrogens (tertiary/aromatic N) is 3. The van der Waals surface area contributed by atoms with Gasteiger partial charge in [-0.25, -0.2) is 4.39 Å². The number of halogens is 1. The molecular weight excluding hydrogens is 375 g/mol. The van der Waals surface area contributed by atoms with Gasteiger partial charge >= 0.3 is 0 Å². The lowest BCUT2D eigenvalue weighted by Gasteiger charge is -2.17. The van der Waals surface area contributed by atoms with Crippen molar-refractivity contribution in [2.75, 3.05) is 5.75 Å². The van der Waals surface area contributed by atoms with Gasteiger partial charge in [-0.3, -0.25) is 9.36 Å². The lowest BCUT2D eigenvalue weighted by atomic mass is 10.1. The van der Waals surface area contributed by atoms with Crippen molar-refractivity contribution >= 4 is 17.7 Å². The van der Waals surface area contributed by atoms with E-state index in [1.54, 1.807) is 12.1 Å². The summed E-state index contributed by atoms with van der Waals surface area (Å²) in [5.41, 5.74) is 1.63. The first-order chi connectivity index (χ1) is 13.5. The summed E-state index contributed by atoms with van der Waals surface area (Å²) < 4.78 is 15.2. The van der Waals surface area contributed by atoms with Crippen LogP contribution >= 0.6 is 11.8 Å². The van der Waals surface area contributed by atoms with E-state index < -0.39 is 0 Å². The number of amides is 1. The fraction of sp³-hybridized carbons (Fsp3) is 0.286. The Morgan fingerprint density at radius 2 is 1.75 bits per heavy atom. The summed E-state index contributed by atoms with van der Waals surface area (Å²) in [6, 6.07) is 15.9. The van der Waals surface area contributed by atoms with Crippen LogP contribution in [0.1, 0.15) is 20.8 Å². The molecule has 7 heteroatoms. The predicted molar refractivity (Wildman–Crippen MR) is 110 cm³/mol. The Morgan fingerprint density at radius 1 is 1.07 bits per heavy atom. The van der Waals surface area contributed by atoms with Crippen molar-refractivity contribution in [3.8, 4) is 17.1 Å². The molecule has 0 radical (unpaired) electrons. The van der Waals surface area contributed by atoms with Crippen LogP contribution < -0.4 is 5.32 Å². The van der Waals surface area contributed by atoms with Gasteiger partial charge in [-0.2, -0.15) is 0 Å². The van der Waals surface area contributed by atoms with Crippen molar-refractivity contribution in [2.24, 2.45) is 5.92 Å². The molecule has 0 aliphatic rings. The molecule has 0 fully saturated rings. The van der Waals surface area contributed by atoms with Crippen LogP contribution in [0, 0.1) is 11.7 Å². The molecule has 0 unspecified atom stereocenters. The summed E-state index contributed by atoms with van der Waals surface area (Å²) in [6.45, 7) is 6.13. The molecule has 3 rings (SSSR count). The Morgan fingerprint density at radius 3 is 2.39 bits per heavy atom. The highest BCUT2D eigenvalue weighted by molar-refractivity contribution is 7.99. The molecule has 3 aromatic rings. The highest BCUT2D eigenvalue weighted by atomic mass is 32.2. The van der Waals surface area contributed by atoms with Crippen LogP contribution in [0.4, 0.5) is 4.39 Å². The number of benzene rings is 2. The van der Waals surface area contributed by atoms with E-state index in [0.29, 0.717) is 16.9 Å². The van der Waals surface area contributed by atoms with Crippen LogP contribution in [-0.4, -0.2) is 32.5 Å². The highest BCUT2D eigenvalue weighted by Gasteiger charge is 2.18. The van der Waals surface area contributed by atoms with E-state index in [0.717, 1.165) is 11.3 Å². The molecule has 5 nitrogen and oxygen atoms in total. The number of hydrogen-bond acceptors (Lipinski definition) is 4. The number of thioether (sulfide) groups is 1. The fourth-order valence-corrected chi connectivity index (χ4v) is 3.31. The first-order valence-electron chi connectivity index (χ1n) is 9.14. The Balaban J connectivity index is 1.87. The third-order valence-corrected chi connectivity index (χ3v) is 5.40. The zero-order chi connectivity index (χ0) is 20.1. The maximum atomic E-state index is 13.3. The summed E-state index contributed by atoms with van der Waals surface area (Å²) in [5.74, 6) is 0.861. The van der Waals surface area contributed by atoms with Crippen LogP contribution in [0.2, 0.25) is 0 Å². The van der Waals surface area contributed by atoms with E-state index in [1.165, 1.54) is 23.9 Å². The molecule has 0 aliphatic heterocycles. The third-order valence-electron chi connectivity index (χ3n) is 4.47. The summed E-state index contributed by atoms with van der Waals surface area (Å²) in [5, 5.41) is 12.2. The van der Waals surface area contributed by atoms with Gasteiger partial charge in [0, 0.05) is 17.3 Å². The largest absolute Gasteiger partial charge is 0.353 e. The number of carbonyl (C=O) groups is 1. The van der Waals surface area contributed by atoms with Crippen molar-refractivity contribution in [3.63, 3.8) is 0 Å². The molecule has 1 aromatic heterocycles. The molecule has 146 valence electrons. The minimum atomic E-state index is -0.305. The number of rotatable bonds is 7. The van der Waals surface area contributed by atoms with E-state index in [2.05, 4.69) is 29.4 Å². The maximum Gasteiger partial charge on any atom is 0.230 e.